The van der Waals surface area contributed by atoms with Crippen LogP contribution in [0.25, 0.3) is 20.7 Å². The first kappa shape index (κ1) is 24.4. The Morgan fingerprint density at radius 1 is 1.23 bits per heavy atom. The summed E-state index contributed by atoms with van der Waals surface area (Å²) in [4.78, 5) is 33.0. The van der Waals surface area contributed by atoms with E-state index in [0.717, 1.165) is 22.2 Å². The van der Waals surface area contributed by atoms with Crippen molar-refractivity contribution in [3.05, 3.63) is 27.3 Å². The molecule has 0 unspecified atom stereocenters. The normalized spacial score (nSPS) is 10.4. The van der Waals surface area contributed by atoms with Crippen LogP contribution in [0, 0.1) is 0 Å². The van der Waals surface area contributed by atoms with E-state index < -0.39 is 6.09 Å². The summed E-state index contributed by atoms with van der Waals surface area (Å²) in [6.45, 7) is 7.09. The van der Waals surface area contributed by atoms with Crippen LogP contribution >= 0.6 is 38.6 Å². The molecule has 0 saturated heterocycles. The van der Waals surface area contributed by atoms with Gasteiger partial charge in [-0.2, -0.15) is 0 Å². The molecule has 2 amide bonds. The fourth-order valence-corrected chi connectivity index (χ4v) is 5.68. The van der Waals surface area contributed by atoms with Gasteiger partial charge in [0, 0.05) is 27.3 Å². The molecule has 3 rings (SSSR count). The number of carbonyl (C=O) groups excluding carboxylic acids is 2. The lowest BCUT2D eigenvalue weighted by Crippen LogP contribution is -2.40. The molecule has 0 saturated carbocycles. The zero-order valence-corrected chi connectivity index (χ0v) is 20.8. The SMILES string of the molecule is CCC.CCCN(Cc1ncc(-c2csc3c(Br)csc23)[nH]1)C(=O)CNC(=O)OC. The van der Waals surface area contributed by atoms with Crippen LogP contribution in [0.15, 0.2) is 21.4 Å². The number of hydrogen-bond acceptors (Lipinski definition) is 6. The number of rotatable bonds is 7. The number of methoxy groups -OCH3 is 1. The van der Waals surface area contributed by atoms with Crippen molar-refractivity contribution in [1.29, 1.82) is 0 Å². The maximum Gasteiger partial charge on any atom is 0.407 e. The minimum Gasteiger partial charge on any atom is -0.453 e. The predicted molar refractivity (Wildman–Crippen MR) is 127 cm³/mol. The summed E-state index contributed by atoms with van der Waals surface area (Å²) < 4.78 is 8.05. The van der Waals surface area contributed by atoms with Gasteiger partial charge in [-0.1, -0.05) is 27.2 Å². The van der Waals surface area contributed by atoms with E-state index in [1.807, 2.05) is 6.92 Å². The highest BCUT2D eigenvalue weighted by Gasteiger charge is 2.17. The number of alkyl carbamates (subject to hydrolysis) is 1. The molecule has 2 N–H and O–H groups in total. The Hall–Kier alpha value is -1.91. The first-order chi connectivity index (χ1) is 14.4. The first-order valence-electron chi connectivity index (χ1n) is 9.73. The van der Waals surface area contributed by atoms with Crippen LogP contribution in [-0.2, 0) is 16.1 Å². The molecule has 0 radical (unpaired) electrons. The van der Waals surface area contributed by atoms with E-state index in [1.165, 1.54) is 22.9 Å². The third-order valence-electron chi connectivity index (χ3n) is 3.92. The second-order valence-corrected chi connectivity index (χ2v) is 9.12. The van der Waals surface area contributed by atoms with Crippen molar-refractivity contribution in [2.24, 2.45) is 0 Å². The van der Waals surface area contributed by atoms with Gasteiger partial charge in [0.15, 0.2) is 0 Å². The summed E-state index contributed by atoms with van der Waals surface area (Å²) in [6.07, 6.45) is 3.24. The fourth-order valence-electron chi connectivity index (χ4n) is 2.63. The van der Waals surface area contributed by atoms with Crippen molar-refractivity contribution in [3.8, 4) is 11.3 Å². The maximum atomic E-state index is 12.4. The predicted octanol–water partition coefficient (Wildman–Crippen LogP) is 5.63. The highest BCUT2D eigenvalue weighted by atomic mass is 79.9. The molecule has 0 aliphatic rings. The van der Waals surface area contributed by atoms with E-state index in [2.05, 4.69) is 60.6 Å². The Labute approximate surface area is 193 Å². The summed E-state index contributed by atoms with van der Waals surface area (Å²) in [5, 5.41) is 6.61. The van der Waals surface area contributed by atoms with Gasteiger partial charge in [0.25, 0.3) is 0 Å². The van der Waals surface area contributed by atoms with Crippen LogP contribution in [0.3, 0.4) is 0 Å². The smallest absolute Gasteiger partial charge is 0.407 e. The van der Waals surface area contributed by atoms with Gasteiger partial charge in [0.1, 0.15) is 12.4 Å². The van der Waals surface area contributed by atoms with Crippen molar-refractivity contribution in [3.63, 3.8) is 0 Å². The minimum absolute atomic E-state index is 0.103. The van der Waals surface area contributed by atoms with E-state index in [0.29, 0.717) is 18.9 Å². The molecule has 3 aromatic heterocycles. The fraction of sp³-hybridized carbons (Fsp3) is 0.450. The number of carbonyl (C=O) groups is 2. The highest BCUT2D eigenvalue weighted by Crippen LogP contribution is 2.41. The number of aromatic nitrogens is 2. The number of nitrogens with zero attached hydrogens (tertiary/aromatic N) is 2. The Bertz CT molecular complexity index is 966. The third kappa shape index (κ3) is 6.29. The van der Waals surface area contributed by atoms with Crippen molar-refractivity contribution in [2.45, 2.75) is 40.2 Å². The van der Waals surface area contributed by atoms with E-state index in [-0.39, 0.29) is 12.5 Å². The quantitative estimate of drug-likeness (QED) is 0.427. The Morgan fingerprint density at radius 3 is 2.60 bits per heavy atom. The molecule has 10 heteroatoms. The number of imidazole rings is 1. The minimum atomic E-state index is -0.622. The van der Waals surface area contributed by atoms with Gasteiger partial charge in [-0.15, -0.1) is 22.7 Å². The molecule has 0 fully saturated rings. The lowest BCUT2D eigenvalue weighted by atomic mass is 10.2. The Morgan fingerprint density at radius 2 is 1.93 bits per heavy atom. The van der Waals surface area contributed by atoms with Gasteiger partial charge in [-0.05, 0) is 22.4 Å². The molecule has 0 aromatic carbocycles. The van der Waals surface area contributed by atoms with Crippen molar-refractivity contribution < 1.29 is 14.3 Å². The number of hydrogen-bond donors (Lipinski definition) is 2. The molecular weight excluding hydrogens is 488 g/mol. The monoisotopic (exact) mass is 514 g/mol. The van der Waals surface area contributed by atoms with E-state index in [4.69, 9.17) is 0 Å². The summed E-state index contributed by atoms with van der Waals surface area (Å²) in [5.74, 6) is 0.528. The van der Waals surface area contributed by atoms with Crippen molar-refractivity contribution in [2.75, 3.05) is 20.2 Å². The molecule has 0 aliphatic heterocycles. The van der Waals surface area contributed by atoms with E-state index in [9.17, 15) is 9.59 Å². The zero-order chi connectivity index (χ0) is 22.1. The van der Waals surface area contributed by atoms with Gasteiger partial charge in [0.05, 0.1) is 34.9 Å². The van der Waals surface area contributed by atoms with E-state index >= 15 is 0 Å². The van der Waals surface area contributed by atoms with Gasteiger partial charge in [0.2, 0.25) is 5.91 Å². The largest absolute Gasteiger partial charge is 0.453 e. The standard InChI is InChI=1S/C17H19BrN4O3S2.C3H8/c1-3-4-22(14(23)6-20-17(24)25-2)7-13-19-5-12(21-13)10-8-26-16-11(18)9-27-15(10)16;1-3-2/h5,8-9H,3-4,6-7H2,1-2H3,(H,19,21)(H,20,24);3H2,1-2H3. The van der Waals surface area contributed by atoms with Crippen LogP contribution in [0.4, 0.5) is 4.79 Å². The molecular formula is C20H27BrN4O3S2. The number of nitrogens with one attached hydrogen (secondary N) is 2. The third-order valence-corrected chi connectivity index (χ3v) is 7.26. The maximum absolute atomic E-state index is 12.4. The van der Waals surface area contributed by atoms with Gasteiger partial charge in [-0.25, -0.2) is 9.78 Å². The summed E-state index contributed by atoms with van der Waals surface area (Å²) in [7, 11) is 1.27. The Kier molecular flexibility index (Phi) is 9.80. The van der Waals surface area contributed by atoms with Crippen LogP contribution in [0.2, 0.25) is 0 Å². The zero-order valence-electron chi connectivity index (χ0n) is 17.6. The average molecular weight is 515 g/mol. The number of amides is 2. The molecule has 0 aliphatic carbocycles. The van der Waals surface area contributed by atoms with Crippen molar-refractivity contribution in [1.82, 2.24) is 20.2 Å². The van der Waals surface area contributed by atoms with Crippen LogP contribution in [0.1, 0.15) is 39.4 Å². The van der Waals surface area contributed by atoms with Gasteiger partial charge >= 0.3 is 6.09 Å². The number of aromatic amines is 1. The first-order valence-corrected chi connectivity index (χ1v) is 12.3. The highest BCUT2D eigenvalue weighted by molar-refractivity contribution is 9.10. The molecule has 7 nitrogen and oxygen atoms in total. The molecule has 0 atom stereocenters. The summed E-state index contributed by atoms with van der Waals surface area (Å²) >= 11 is 6.94. The van der Waals surface area contributed by atoms with Gasteiger partial charge in [-0.3, -0.25) is 4.79 Å². The second kappa shape index (κ2) is 12.1. The summed E-state index contributed by atoms with van der Waals surface area (Å²) in [6, 6.07) is 0. The van der Waals surface area contributed by atoms with E-state index in [1.54, 1.807) is 33.8 Å². The van der Waals surface area contributed by atoms with Crippen molar-refractivity contribution >= 4 is 60.0 Å². The number of fused-ring (bicyclic) bond motifs is 1. The number of halogens is 1. The molecule has 3 heterocycles. The molecule has 0 bridgehead atoms. The van der Waals surface area contributed by atoms with Crippen LogP contribution in [0.5, 0.6) is 0 Å². The topological polar surface area (TPSA) is 87.3 Å². The average Bonchev–Trinajstić information content (AvgIpc) is 3.44. The number of ether oxygens (including phenoxy) is 1. The molecule has 164 valence electrons. The van der Waals surface area contributed by atoms with Crippen LogP contribution < -0.4 is 5.32 Å². The summed E-state index contributed by atoms with van der Waals surface area (Å²) in [5.41, 5.74) is 2.05. The lowest BCUT2D eigenvalue weighted by Gasteiger charge is -2.21. The molecule has 0 spiro atoms. The van der Waals surface area contributed by atoms with Gasteiger partial charge < -0.3 is 19.9 Å². The number of H-pyrrole nitrogens is 1. The number of thiophene rings is 2. The Balaban J connectivity index is 0.00000101. The second-order valence-electron chi connectivity index (χ2n) is 6.50. The molecule has 30 heavy (non-hydrogen) atoms. The van der Waals surface area contributed by atoms with Crippen LogP contribution in [-0.4, -0.2) is 47.1 Å². The lowest BCUT2D eigenvalue weighted by molar-refractivity contribution is -0.130. The molecule has 3 aromatic rings.